The first kappa shape index (κ1) is 15.5. The van der Waals surface area contributed by atoms with Crippen molar-refractivity contribution in [3.05, 3.63) is 54.1 Å². The summed E-state index contributed by atoms with van der Waals surface area (Å²) >= 11 is 0. The van der Waals surface area contributed by atoms with Crippen LogP contribution in [0, 0.1) is 5.92 Å². The lowest BCUT2D eigenvalue weighted by molar-refractivity contribution is 0.541. The first-order valence-corrected chi connectivity index (χ1v) is 8.07. The second kappa shape index (κ2) is 6.36. The summed E-state index contributed by atoms with van der Waals surface area (Å²) in [5, 5.41) is 8.04. The third-order valence-electron chi connectivity index (χ3n) is 3.98. The Morgan fingerprint density at radius 1 is 1.09 bits per heavy atom. The number of fused-ring (bicyclic) bond motifs is 1. The summed E-state index contributed by atoms with van der Waals surface area (Å²) in [6.45, 7) is 8.71. The average Bonchev–Trinajstić information content (AvgIpc) is 3.01. The van der Waals surface area contributed by atoms with Gasteiger partial charge in [0.25, 0.3) is 0 Å². The van der Waals surface area contributed by atoms with Gasteiger partial charge in [-0.15, -0.1) is 0 Å². The maximum Gasteiger partial charge on any atom is 0.157 e. The predicted octanol–water partition coefficient (Wildman–Crippen LogP) is 4.06. The maximum absolute atomic E-state index is 4.67. The van der Waals surface area contributed by atoms with E-state index in [1.807, 2.05) is 22.8 Å². The molecule has 0 aliphatic rings. The Labute approximate surface area is 136 Å². The molecule has 0 saturated heterocycles. The molecule has 3 heterocycles. The van der Waals surface area contributed by atoms with E-state index in [4.69, 9.17) is 0 Å². The molecule has 0 radical (unpaired) electrons. The van der Waals surface area contributed by atoms with E-state index in [-0.39, 0.29) is 6.04 Å². The molecule has 1 N–H and O–H groups in total. The molecule has 3 aromatic rings. The first-order chi connectivity index (χ1) is 11.1. The van der Waals surface area contributed by atoms with E-state index in [1.165, 1.54) is 5.56 Å². The third kappa shape index (κ3) is 3.18. The van der Waals surface area contributed by atoms with Crippen molar-refractivity contribution < 1.29 is 0 Å². The van der Waals surface area contributed by atoms with E-state index in [9.17, 15) is 0 Å². The Morgan fingerprint density at radius 2 is 1.91 bits per heavy atom. The van der Waals surface area contributed by atoms with Crippen LogP contribution in [0.15, 0.2) is 42.9 Å². The molecule has 3 aromatic heterocycles. The molecule has 0 aromatic carbocycles. The minimum atomic E-state index is 0.165. The quantitative estimate of drug-likeness (QED) is 0.772. The van der Waals surface area contributed by atoms with Gasteiger partial charge in [-0.1, -0.05) is 33.8 Å². The largest absolute Gasteiger partial charge is 0.363 e. The highest BCUT2D eigenvalue weighted by Crippen LogP contribution is 2.27. The summed E-state index contributed by atoms with van der Waals surface area (Å²) in [4.78, 5) is 8.92. The van der Waals surface area contributed by atoms with Crippen LogP contribution in [-0.4, -0.2) is 19.6 Å². The van der Waals surface area contributed by atoms with E-state index in [0.29, 0.717) is 11.8 Å². The molecule has 1 unspecified atom stereocenters. The minimum Gasteiger partial charge on any atom is -0.363 e. The van der Waals surface area contributed by atoms with E-state index < -0.39 is 0 Å². The molecule has 5 heteroatoms. The monoisotopic (exact) mass is 309 g/mol. The first-order valence-electron chi connectivity index (χ1n) is 8.07. The smallest absolute Gasteiger partial charge is 0.157 e. The van der Waals surface area contributed by atoms with Crippen LogP contribution in [-0.2, 0) is 0 Å². The number of nitrogens with one attached hydrogen (secondary N) is 1. The maximum atomic E-state index is 4.67. The zero-order chi connectivity index (χ0) is 16.4. The van der Waals surface area contributed by atoms with Gasteiger partial charge in [-0.2, -0.15) is 9.61 Å². The Bertz CT molecular complexity index is 776. The normalized spacial score (nSPS) is 13.0. The molecular weight excluding hydrogens is 286 g/mol. The van der Waals surface area contributed by atoms with E-state index >= 15 is 0 Å². The third-order valence-corrected chi connectivity index (χ3v) is 3.98. The molecule has 23 heavy (non-hydrogen) atoms. The molecule has 0 saturated carbocycles. The standard InChI is InChI=1S/C18H23N5/c1-12(2)15-10-17(23-16(21-15)7-9-20-23)22-18(13(3)4)14-6-5-8-19-11-14/h5-13,18,22H,1-4H3. The van der Waals surface area contributed by atoms with E-state index in [0.717, 1.165) is 17.2 Å². The summed E-state index contributed by atoms with van der Waals surface area (Å²) < 4.78 is 1.86. The molecule has 0 bridgehead atoms. The topological polar surface area (TPSA) is 55.1 Å². The van der Waals surface area contributed by atoms with Gasteiger partial charge < -0.3 is 5.32 Å². The van der Waals surface area contributed by atoms with Crippen molar-refractivity contribution >= 4 is 11.5 Å². The van der Waals surface area contributed by atoms with E-state index in [1.54, 1.807) is 12.4 Å². The van der Waals surface area contributed by atoms with Gasteiger partial charge in [-0.05, 0) is 23.5 Å². The number of rotatable bonds is 5. The molecule has 120 valence electrons. The van der Waals surface area contributed by atoms with E-state index in [2.05, 4.69) is 60.2 Å². The van der Waals surface area contributed by atoms with Crippen molar-refractivity contribution in [1.29, 1.82) is 0 Å². The number of hydrogen-bond donors (Lipinski definition) is 1. The summed E-state index contributed by atoms with van der Waals surface area (Å²) in [7, 11) is 0. The van der Waals surface area contributed by atoms with Gasteiger partial charge in [0, 0.05) is 30.2 Å². The molecule has 3 rings (SSSR count). The van der Waals surface area contributed by atoms with Crippen LogP contribution in [0.25, 0.3) is 5.65 Å². The van der Waals surface area contributed by atoms with Crippen LogP contribution >= 0.6 is 0 Å². The molecule has 0 amide bonds. The highest BCUT2D eigenvalue weighted by Gasteiger charge is 2.18. The van der Waals surface area contributed by atoms with Crippen LogP contribution < -0.4 is 5.32 Å². The number of pyridine rings is 1. The molecule has 0 spiro atoms. The number of anilines is 1. The summed E-state index contributed by atoms with van der Waals surface area (Å²) in [5.41, 5.74) is 3.10. The number of nitrogens with zero attached hydrogens (tertiary/aromatic N) is 4. The fourth-order valence-corrected chi connectivity index (χ4v) is 2.69. The molecule has 5 nitrogen and oxygen atoms in total. The lowest BCUT2D eigenvalue weighted by atomic mass is 9.97. The molecule has 0 fully saturated rings. The Morgan fingerprint density at radius 3 is 2.57 bits per heavy atom. The van der Waals surface area contributed by atoms with Crippen LogP contribution in [0.4, 0.5) is 5.82 Å². The molecular formula is C18H23N5. The fraction of sp³-hybridized carbons (Fsp3) is 0.389. The molecule has 0 aliphatic heterocycles. The van der Waals surface area contributed by atoms with Crippen molar-refractivity contribution in [3.8, 4) is 0 Å². The number of hydrogen-bond acceptors (Lipinski definition) is 4. The van der Waals surface area contributed by atoms with Crippen LogP contribution in [0.5, 0.6) is 0 Å². The summed E-state index contributed by atoms with van der Waals surface area (Å²) in [6, 6.07) is 8.28. The number of aromatic nitrogens is 4. The van der Waals surface area contributed by atoms with Gasteiger partial charge in [-0.3, -0.25) is 4.98 Å². The summed E-state index contributed by atoms with van der Waals surface area (Å²) in [6.07, 6.45) is 5.50. The predicted molar refractivity (Wildman–Crippen MR) is 92.5 cm³/mol. The molecule has 0 aliphatic carbocycles. The van der Waals surface area contributed by atoms with Gasteiger partial charge in [0.2, 0.25) is 0 Å². The second-order valence-corrected chi connectivity index (χ2v) is 6.47. The lowest BCUT2D eigenvalue weighted by Crippen LogP contribution is -2.19. The Balaban J connectivity index is 2.03. The van der Waals surface area contributed by atoms with Crippen LogP contribution in [0.1, 0.15) is 50.9 Å². The minimum absolute atomic E-state index is 0.165. The Hall–Kier alpha value is -2.43. The van der Waals surface area contributed by atoms with Gasteiger partial charge >= 0.3 is 0 Å². The SMILES string of the molecule is CC(C)c1cc(NC(c2cccnc2)C(C)C)n2nccc2n1. The highest BCUT2D eigenvalue weighted by molar-refractivity contribution is 5.50. The van der Waals surface area contributed by atoms with Crippen molar-refractivity contribution in [1.82, 2.24) is 19.6 Å². The van der Waals surface area contributed by atoms with Crippen LogP contribution in [0.2, 0.25) is 0 Å². The van der Waals surface area contributed by atoms with Crippen molar-refractivity contribution in [2.75, 3.05) is 5.32 Å². The lowest BCUT2D eigenvalue weighted by Gasteiger charge is -2.24. The van der Waals surface area contributed by atoms with Gasteiger partial charge in [0.1, 0.15) is 5.82 Å². The van der Waals surface area contributed by atoms with Crippen molar-refractivity contribution in [3.63, 3.8) is 0 Å². The van der Waals surface area contributed by atoms with Gasteiger partial charge in [-0.25, -0.2) is 4.98 Å². The average molecular weight is 309 g/mol. The van der Waals surface area contributed by atoms with Crippen molar-refractivity contribution in [2.45, 2.75) is 39.7 Å². The highest BCUT2D eigenvalue weighted by atomic mass is 15.3. The Kier molecular flexibility index (Phi) is 4.28. The van der Waals surface area contributed by atoms with Gasteiger partial charge in [0.15, 0.2) is 5.65 Å². The summed E-state index contributed by atoms with van der Waals surface area (Å²) in [5.74, 6) is 1.75. The molecule has 1 atom stereocenters. The van der Waals surface area contributed by atoms with Crippen LogP contribution in [0.3, 0.4) is 0 Å². The zero-order valence-electron chi connectivity index (χ0n) is 14.1. The van der Waals surface area contributed by atoms with Crippen molar-refractivity contribution in [2.24, 2.45) is 5.92 Å². The fourth-order valence-electron chi connectivity index (χ4n) is 2.69. The second-order valence-electron chi connectivity index (χ2n) is 6.47. The zero-order valence-corrected chi connectivity index (χ0v) is 14.1. The van der Waals surface area contributed by atoms with Gasteiger partial charge in [0.05, 0.1) is 12.2 Å².